The molecule has 2 heterocycles. The van der Waals surface area contributed by atoms with Crippen LogP contribution in [0.5, 0.6) is 0 Å². The minimum atomic E-state index is 0.0827. The molecule has 1 saturated heterocycles. The first-order chi connectivity index (χ1) is 14.2. The predicted molar refractivity (Wildman–Crippen MR) is 116 cm³/mol. The lowest BCUT2D eigenvalue weighted by Gasteiger charge is -2.34. The molecule has 29 heavy (non-hydrogen) atoms. The van der Waals surface area contributed by atoms with Crippen LogP contribution in [0, 0.1) is 0 Å². The molecular formula is C24H28N4O. The monoisotopic (exact) mass is 388 g/mol. The van der Waals surface area contributed by atoms with Crippen LogP contribution in [0.4, 0.5) is 0 Å². The lowest BCUT2D eigenvalue weighted by Crippen LogP contribution is -2.48. The van der Waals surface area contributed by atoms with E-state index < -0.39 is 0 Å². The summed E-state index contributed by atoms with van der Waals surface area (Å²) in [6.45, 7) is 7.39. The number of rotatable bonds is 6. The first kappa shape index (κ1) is 19.4. The number of hydrogen-bond donors (Lipinski definition) is 0. The molecule has 1 aliphatic rings. The maximum Gasteiger partial charge on any atom is 0.257 e. The summed E-state index contributed by atoms with van der Waals surface area (Å²) in [6.07, 6.45) is 3.06. The Labute approximate surface area is 172 Å². The highest BCUT2D eigenvalue weighted by Gasteiger charge is 2.26. The minimum absolute atomic E-state index is 0.0827. The van der Waals surface area contributed by atoms with Gasteiger partial charge in [0.2, 0.25) is 0 Å². The molecule has 0 N–H and O–H groups in total. The van der Waals surface area contributed by atoms with Gasteiger partial charge in [0.05, 0.1) is 12.1 Å². The molecule has 4 rings (SSSR count). The van der Waals surface area contributed by atoms with Crippen LogP contribution >= 0.6 is 0 Å². The molecular weight excluding hydrogens is 360 g/mol. The number of nitrogens with zero attached hydrogens (tertiary/aromatic N) is 4. The van der Waals surface area contributed by atoms with E-state index in [1.54, 1.807) is 0 Å². The third-order valence-electron chi connectivity index (χ3n) is 5.43. The van der Waals surface area contributed by atoms with Crippen molar-refractivity contribution in [1.29, 1.82) is 0 Å². The van der Waals surface area contributed by atoms with Gasteiger partial charge in [-0.15, -0.1) is 0 Å². The maximum absolute atomic E-state index is 13.4. The van der Waals surface area contributed by atoms with Gasteiger partial charge in [0.1, 0.15) is 5.69 Å². The van der Waals surface area contributed by atoms with Gasteiger partial charge in [-0.05, 0) is 18.5 Å². The van der Waals surface area contributed by atoms with Crippen molar-refractivity contribution in [2.24, 2.45) is 0 Å². The van der Waals surface area contributed by atoms with E-state index in [1.165, 1.54) is 5.56 Å². The Kier molecular flexibility index (Phi) is 6.06. The van der Waals surface area contributed by atoms with Crippen molar-refractivity contribution >= 4 is 5.91 Å². The predicted octanol–water partition coefficient (Wildman–Crippen LogP) is 3.77. The number of carbonyl (C=O) groups excluding carboxylic acids is 1. The van der Waals surface area contributed by atoms with Gasteiger partial charge in [-0.25, -0.2) is 0 Å². The van der Waals surface area contributed by atoms with Crippen molar-refractivity contribution in [3.63, 3.8) is 0 Å². The van der Waals surface area contributed by atoms with E-state index in [4.69, 9.17) is 5.10 Å². The second-order valence-corrected chi connectivity index (χ2v) is 7.57. The van der Waals surface area contributed by atoms with Crippen molar-refractivity contribution < 1.29 is 4.79 Å². The smallest absolute Gasteiger partial charge is 0.257 e. The molecule has 2 aromatic carbocycles. The van der Waals surface area contributed by atoms with Crippen LogP contribution in [0.25, 0.3) is 11.3 Å². The first-order valence-corrected chi connectivity index (χ1v) is 10.4. The van der Waals surface area contributed by atoms with Crippen molar-refractivity contribution in [2.45, 2.75) is 19.9 Å². The van der Waals surface area contributed by atoms with Crippen molar-refractivity contribution in [2.75, 3.05) is 32.7 Å². The normalized spacial score (nSPS) is 14.9. The van der Waals surface area contributed by atoms with Gasteiger partial charge in [0, 0.05) is 37.9 Å². The largest absolute Gasteiger partial charge is 0.336 e. The standard InChI is InChI=1S/C24H28N4O/c1-2-13-26-14-16-27(17-15-26)24(29)22-19-28(18-20-9-5-3-6-10-20)25-23(22)21-11-7-4-8-12-21/h3-12,19H,2,13-18H2,1H3. The SMILES string of the molecule is CCCN1CCN(C(=O)c2cn(Cc3ccccc3)nc2-c2ccccc2)CC1. The lowest BCUT2D eigenvalue weighted by molar-refractivity contribution is 0.0638. The number of piperazine rings is 1. The Bertz CT molecular complexity index is 928. The van der Waals surface area contributed by atoms with E-state index in [0.717, 1.165) is 50.4 Å². The topological polar surface area (TPSA) is 41.4 Å². The zero-order chi connectivity index (χ0) is 20.1. The van der Waals surface area contributed by atoms with Crippen LogP contribution in [-0.2, 0) is 6.54 Å². The summed E-state index contributed by atoms with van der Waals surface area (Å²) in [4.78, 5) is 17.8. The molecule has 1 aromatic heterocycles. The number of aromatic nitrogens is 2. The first-order valence-electron chi connectivity index (χ1n) is 10.4. The van der Waals surface area contributed by atoms with Crippen LogP contribution in [0.3, 0.4) is 0 Å². The second-order valence-electron chi connectivity index (χ2n) is 7.57. The van der Waals surface area contributed by atoms with E-state index in [9.17, 15) is 4.79 Å². The molecule has 0 bridgehead atoms. The Hall–Kier alpha value is -2.92. The fraction of sp³-hybridized carbons (Fsp3) is 0.333. The van der Waals surface area contributed by atoms with Crippen LogP contribution in [0.2, 0.25) is 0 Å². The molecule has 5 nitrogen and oxygen atoms in total. The number of carbonyl (C=O) groups is 1. The highest BCUT2D eigenvalue weighted by molar-refractivity contribution is 5.99. The molecule has 0 spiro atoms. The van der Waals surface area contributed by atoms with E-state index in [1.807, 2.05) is 64.3 Å². The number of hydrogen-bond acceptors (Lipinski definition) is 3. The molecule has 1 fully saturated rings. The molecule has 1 amide bonds. The van der Waals surface area contributed by atoms with Crippen molar-refractivity contribution in [3.8, 4) is 11.3 Å². The highest BCUT2D eigenvalue weighted by atomic mass is 16.2. The highest BCUT2D eigenvalue weighted by Crippen LogP contribution is 2.24. The minimum Gasteiger partial charge on any atom is -0.336 e. The van der Waals surface area contributed by atoms with Gasteiger partial charge in [-0.3, -0.25) is 14.4 Å². The molecule has 0 unspecified atom stereocenters. The maximum atomic E-state index is 13.4. The van der Waals surface area contributed by atoms with Crippen LogP contribution < -0.4 is 0 Å². The van der Waals surface area contributed by atoms with Gasteiger partial charge in [0.15, 0.2) is 0 Å². The summed E-state index contributed by atoms with van der Waals surface area (Å²) >= 11 is 0. The van der Waals surface area contributed by atoms with E-state index >= 15 is 0 Å². The van der Waals surface area contributed by atoms with Gasteiger partial charge < -0.3 is 4.90 Å². The lowest BCUT2D eigenvalue weighted by atomic mass is 10.1. The van der Waals surface area contributed by atoms with Gasteiger partial charge >= 0.3 is 0 Å². The van der Waals surface area contributed by atoms with Crippen molar-refractivity contribution in [1.82, 2.24) is 19.6 Å². The summed E-state index contributed by atoms with van der Waals surface area (Å²) in [7, 11) is 0. The zero-order valence-corrected chi connectivity index (χ0v) is 17.0. The van der Waals surface area contributed by atoms with E-state index in [0.29, 0.717) is 12.1 Å². The average Bonchev–Trinajstić information content (AvgIpc) is 3.19. The molecule has 0 radical (unpaired) electrons. The number of amides is 1. The Morgan fingerprint density at radius 1 is 0.931 bits per heavy atom. The zero-order valence-electron chi connectivity index (χ0n) is 17.0. The summed E-state index contributed by atoms with van der Waals surface area (Å²) in [5.74, 6) is 0.0827. The molecule has 0 atom stereocenters. The molecule has 0 aliphatic carbocycles. The summed E-state index contributed by atoms with van der Waals surface area (Å²) in [6, 6.07) is 20.2. The Morgan fingerprint density at radius 2 is 1.59 bits per heavy atom. The quantitative estimate of drug-likeness (QED) is 0.646. The molecule has 3 aromatic rings. The van der Waals surface area contributed by atoms with Crippen LogP contribution in [0.15, 0.2) is 66.9 Å². The van der Waals surface area contributed by atoms with Crippen LogP contribution in [-0.4, -0.2) is 58.2 Å². The van der Waals surface area contributed by atoms with E-state index in [2.05, 4.69) is 24.0 Å². The van der Waals surface area contributed by atoms with Gasteiger partial charge in [0.25, 0.3) is 5.91 Å². The average molecular weight is 389 g/mol. The van der Waals surface area contributed by atoms with Crippen molar-refractivity contribution in [3.05, 3.63) is 78.0 Å². The third kappa shape index (κ3) is 4.57. The summed E-state index contributed by atoms with van der Waals surface area (Å²) in [5.41, 5.74) is 3.60. The number of benzene rings is 2. The molecule has 5 heteroatoms. The van der Waals surface area contributed by atoms with Gasteiger partial charge in [-0.1, -0.05) is 67.6 Å². The van der Waals surface area contributed by atoms with Gasteiger partial charge in [-0.2, -0.15) is 5.10 Å². The summed E-state index contributed by atoms with van der Waals surface area (Å²) < 4.78 is 1.89. The molecule has 1 aliphatic heterocycles. The van der Waals surface area contributed by atoms with Crippen LogP contribution in [0.1, 0.15) is 29.3 Å². The Balaban J connectivity index is 1.60. The second kappa shape index (κ2) is 9.05. The van der Waals surface area contributed by atoms with E-state index in [-0.39, 0.29) is 5.91 Å². The third-order valence-corrected chi connectivity index (χ3v) is 5.43. The fourth-order valence-electron chi connectivity index (χ4n) is 3.90. The Morgan fingerprint density at radius 3 is 2.24 bits per heavy atom. The molecule has 150 valence electrons. The summed E-state index contributed by atoms with van der Waals surface area (Å²) in [5, 5.41) is 4.79. The molecule has 0 saturated carbocycles. The fourth-order valence-corrected chi connectivity index (χ4v) is 3.90.